The van der Waals surface area contributed by atoms with Gasteiger partial charge < -0.3 is 24.3 Å². The highest BCUT2D eigenvalue weighted by Crippen LogP contribution is 2.29. The summed E-state index contributed by atoms with van der Waals surface area (Å²) in [5.41, 5.74) is -0.00747. The molecule has 0 unspecified atom stereocenters. The van der Waals surface area contributed by atoms with E-state index in [0.29, 0.717) is 21.7 Å². The maximum atomic E-state index is 14.3. The highest BCUT2D eigenvalue weighted by molar-refractivity contribution is 6.32. The molecule has 0 radical (unpaired) electrons. The molecule has 10 nitrogen and oxygen atoms in total. The number of hydrogen-bond acceptors (Lipinski definition) is 9. The van der Waals surface area contributed by atoms with Gasteiger partial charge in [0, 0.05) is 16.6 Å². The van der Waals surface area contributed by atoms with Crippen LogP contribution in [0.25, 0.3) is 11.1 Å². The third kappa shape index (κ3) is 10.4. The van der Waals surface area contributed by atoms with Gasteiger partial charge in [-0.15, -0.1) is 0 Å². The lowest BCUT2D eigenvalue weighted by molar-refractivity contribution is -0.173. The van der Waals surface area contributed by atoms with E-state index in [4.69, 9.17) is 25.8 Å². The molecular formula is C30H37ClFNO9. The van der Waals surface area contributed by atoms with Crippen LogP contribution in [0.2, 0.25) is 5.02 Å². The standard InChI is InChI=1S/C29H33ClFNO9.CH4/c1-5-38-25(34)24(33)32-21(14-18-8-10-19(11-9-18)22-15-20(30)12-13-23(22)31)16-29(4,28(37)40-7-3)17-41-27(36)26(35)39-6-2;/h8-13,15,21H,5-7,14,16-17H2,1-4H3,(H,32,33);1H4/t21-,29+;/m1./s1. The fraction of sp³-hybridized carbons (Fsp3) is 0.433. The van der Waals surface area contributed by atoms with Crippen molar-refractivity contribution in [2.45, 2.75) is 54.0 Å². The molecule has 2 atom stereocenters. The van der Waals surface area contributed by atoms with Crippen LogP contribution in [0.4, 0.5) is 4.39 Å². The van der Waals surface area contributed by atoms with Gasteiger partial charge in [0.15, 0.2) is 0 Å². The molecule has 0 aliphatic carbocycles. The van der Waals surface area contributed by atoms with Crippen LogP contribution in [-0.2, 0) is 49.3 Å². The van der Waals surface area contributed by atoms with E-state index >= 15 is 0 Å². The maximum Gasteiger partial charge on any atom is 0.417 e. The Labute approximate surface area is 249 Å². The summed E-state index contributed by atoms with van der Waals surface area (Å²) in [6.07, 6.45) is -0.0397. The summed E-state index contributed by atoms with van der Waals surface area (Å²) in [7, 11) is 0. The molecule has 12 heteroatoms. The van der Waals surface area contributed by atoms with Crippen LogP contribution in [0.15, 0.2) is 42.5 Å². The van der Waals surface area contributed by atoms with Gasteiger partial charge >= 0.3 is 29.8 Å². The summed E-state index contributed by atoms with van der Waals surface area (Å²) in [6.45, 7) is 5.47. The van der Waals surface area contributed by atoms with E-state index in [9.17, 15) is 28.4 Å². The highest BCUT2D eigenvalue weighted by atomic mass is 35.5. The molecule has 0 spiro atoms. The maximum absolute atomic E-state index is 14.3. The molecule has 2 aromatic rings. The number of benzene rings is 2. The molecule has 1 amide bonds. The quantitative estimate of drug-likeness (QED) is 0.210. The number of amides is 1. The van der Waals surface area contributed by atoms with E-state index in [1.54, 1.807) is 38.1 Å². The lowest BCUT2D eigenvalue weighted by Gasteiger charge is -2.31. The SMILES string of the molecule is C.CCOC(=O)C(=O)N[C@H](Cc1ccc(-c2cc(Cl)ccc2F)cc1)C[C@@](C)(COC(=O)C(=O)OCC)C(=O)OCC. The summed E-state index contributed by atoms with van der Waals surface area (Å²) in [4.78, 5) is 61.3. The molecule has 0 saturated carbocycles. The monoisotopic (exact) mass is 609 g/mol. The Morgan fingerprint density at radius 3 is 2.02 bits per heavy atom. The lowest BCUT2D eigenvalue weighted by atomic mass is 9.82. The van der Waals surface area contributed by atoms with Crippen molar-refractivity contribution in [2.75, 3.05) is 26.4 Å². The fourth-order valence-corrected chi connectivity index (χ4v) is 4.14. The van der Waals surface area contributed by atoms with Crippen molar-refractivity contribution in [2.24, 2.45) is 5.41 Å². The van der Waals surface area contributed by atoms with Gasteiger partial charge in [0.25, 0.3) is 0 Å². The Morgan fingerprint density at radius 1 is 0.857 bits per heavy atom. The van der Waals surface area contributed by atoms with Gasteiger partial charge in [-0.3, -0.25) is 9.59 Å². The molecule has 0 aromatic heterocycles. The Kier molecular flexibility index (Phi) is 14.7. The van der Waals surface area contributed by atoms with E-state index in [1.165, 1.54) is 32.0 Å². The number of nitrogens with one attached hydrogen (secondary N) is 1. The minimum atomic E-state index is -1.53. The first-order valence-corrected chi connectivity index (χ1v) is 13.3. The average molecular weight is 610 g/mol. The highest BCUT2D eigenvalue weighted by Gasteiger charge is 2.40. The third-order valence-electron chi connectivity index (χ3n) is 5.90. The van der Waals surface area contributed by atoms with Crippen molar-refractivity contribution in [1.82, 2.24) is 5.32 Å². The van der Waals surface area contributed by atoms with Crippen LogP contribution >= 0.6 is 11.6 Å². The van der Waals surface area contributed by atoms with E-state index in [2.05, 4.69) is 10.1 Å². The summed E-state index contributed by atoms with van der Waals surface area (Å²) in [6, 6.07) is 10.1. The molecule has 2 aromatic carbocycles. The second kappa shape index (κ2) is 17.1. The molecule has 0 aliphatic rings. The van der Waals surface area contributed by atoms with Crippen molar-refractivity contribution in [3.05, 3.63) is 58.9 Å². The molecule has 0 heterocycles. The summed E-state index contributed by atoms with van der Waals surface area (Å²) in [5.74, 6) is -5.87. The largest absolute Gasteiger partial charge is 0.465 e. The molecule has 0 saturated heterocycles. The van der Waals surface area contributed by atoms with Crippen LogP contribution in [0.5, 0.6) is 0 Å². The minimum absolute atomic E-state index is 0. The Bertz CT molecular complexity index is 1250. The predicted molar refractivity (Wildman–Crippen MR) is 153 cm³/mol. The number of ether oxygens (including phenoxy) is 4. The Morgan fingerprint density at radius 2 is 1.43 bits per heavy atom. The zero-order valence-corrected chi connectivity index (χ0v) is 24.0. The predicted octanol–water partition coefficient (Wildman–Crippen LogP) is 4.44. The smallest absolute Gasteiger partial charge is 0.417 e. The van der Waals surface area contributed by atoms with Gasteiger partial charge in [-0.1, -0.05) is 43.3 Å². The topological polar surface area (TPSA) is 134 Å². The van der Waals surface area contributed by atoms with Gasteiger partial charge in [-0.25, -0.2) is 18.8 Å². The van der Waals surface area contributed by atoms with Crippen molar-refractivity contribution < 1.29 is 47.3 Å². The van der Waals surface area contributed by atoms with E-state index < -0.39 is 53.7 Å². The van der Waals surface area contributed by atoms with Crippen molar-refractivity contribution in [3.8, 4) is 11.1 Å². The van der Waals surface area contributed by atoms with Crippen LogP contribution in [0.1, 0.15) is 47.1 Å². The van der Waals surface area contributed by atoms with E-state index in [0.717, 1.165) is 0 Å². The van der Waals surface area contributed by atoms with Crippen LogP contribution in [-0.4, -0.2) is 62.3 Å². The number of halogens is 2. The molecule has 0 aliphatic heterocycles. The second-order valence-corrected chi connectivity index (χ2v) is 9.63. The van der Waals surface area contributed by atoms with Crippen LogP contribution in [0.3, 0.4) is 0 Å². The van der Waals surface area contributed by atoms with Crippen molar-refractivity contribution in [1.29, 1.82) is 0 Å². The Hall–Kier alpha value is -3.99. The Balaban J connectivity index is 0.00000882. The first kappa shape index (κ1) is 36.0. The third-order valence-corrected chi connectivity index (χ3v) is 6.14. The number of hydrogen-bond donors (Lipinski definition) is 1. The van der Waals surface area contributed by atoms with Gasteiger partial charge in [0.2, 0.25) is 0 Å². The second-order valence-electron chi connectivity index (χ2n) is 9.20. The lowest BCUT2D eigenvalue weighted by Crippen LogP contribution is -2.47. The first-order valence-electron chi connectivity index (χ1n) is 13.0. The fourth-order valence-electron chi connectivity index (χ4n) is 3.96. The number of esters is 4. The summed E-state index contributed by atoms with van der Waals surface area (Å²) in [5, 5.41) is 2.94. The zero-order chi connectivity index (χ0) is 30.6. The number of rotatable bonds is 12. The van der Waals surface area contributed by atoms with Gasteiger partial charge in [-0.05, 0) is 69.9 Å². The summed E-state index contributed by atoms with van der Waals surface area (Å²) < 4.78 is 34.0. The average Bonchev–Trinajstić information content (AvgIpc) is 2.93. The zero-order valence-electron chi connectivity index (χ0n) is 23.3. The first-order chi connectivity index (χ1) is 19.4. The number of carbonyl (C=O) groups is 5. The molecular weight excluding hydrogens is 573 g/mol. The molecule has 0 bridgehead atoms. The van der Waals surface area contributed by atoms with Crippen molar-refractivity contribution >= 4 is 41.4 Å². The van der Waals surface area contributed by atoms with E-state index in [1.807, 2.05) is 0 Å². The minimum Gasteiger partial charge on any atom is -0.465 e. The van der Waals surface area contributed by atoms with E-state index in [-0.39, 0.29) is 40.1 Å². The van der Waals surface area contributed by atoms with Crippen LogP contribution < -0.4 is 5.32 Å². The molecule has 230 valence electrons. The van der Waals surface area contributed by atoms with Gasteiger partial charge in [-0.2, -0.15) is 0 Å². The molecule has 42 heavy (non-hydrogen) atoms. The molecule has 0 fully saturated rings. The van der Waals surface area contributed by atoms with Crippen LogP contribution in [0, 0.1) is 11.2 Å². The summed E-state index contributed by atoms with van der Waals surface area (Å²) >= 11 is 6.01. The number of carbonyl (C=O) groups excluding carboxylic acids is 5. The molecule has 2 rings (SSSR count). The normalized spacial score (nSPS) is 12.5. The molecule has 1 N–H and O–H groups in total. The van der Waals surface area contributed by atoms with Crippen molar-refractivity contribution in [3.63, 3.8) is 0 Å². The van der Waals surface area contributed by atoms with Gasteiger partial charge in [0.1, 0.15) is 17.8 Å². The van der Waals surface area contributed by atoms with Gasteiger partial charge in [0.05, 0.1) is 19.8 Å².